The van der Waals surface area contributed by atoms with Gasteiger partial charge < -0.3 is 4.90 Å². The molecule has 3 aromatic rings. The molecule has 0 aliphatic carbocycles. The first-order chi connectivity index (χ1) is 10.2. The fraction of sp³-hybridized carbons (Fsp3) is 0.250. The molecule has 0 fully saturated rings. The van der Waals surface area contributed by atoms with E-state index in [2.05, 4.69) is 46.9 Å². The highest BCUT2D eigenvalue weighted by molar-refractivity contribution is 7.22. The minimum atomic E-state index is 0.528. The number of anilines is 1. The van der Waals surface area contributed by atoms with Crippen molar-refractivity contribution >= 4 is 39.1 Å². The first-order valence-electron chi connectivity index (χ1n) is 7.00. The summed E-state index contributed by atoms with van der Waals surface area (Å²) in [6, 6.07) is 12.4. The largest absolute Gasteiger partial charge is 0.341 e. The van der Waals surface area contributed by atoms with Crippen LogP contribution < -0.4 is 4.90 Å². The first kappa shape index (κ1) is 14.3. The lowest BCUT2D eigenvalue weighted by molar-refractivity contribution is 0.827. The smallest absolute Gasteiger partial charge is 0.228 e. The van der Waals surface area contributed by atoms with Crippen LogP contribution in [0.1, 0.15) is 13.8 Å². The van der Waals surface area contributed by atoms with Gasteiger partial charge in [-0.3, -0.25) is 0 Å². The van der Waals surface area contributed by atoms with E-state index in [4.69, 9.17) is 11.6 Å². The molecule has 0 saturated carbocycles. The molecule has 21 heavy (non-hydrogen) atoms. The molecule has 2 aromatic heterocycles. The summed E-state index contributed by atoms with van der Waals surface area (Å²) in [5.74, 6) is 0.707. The van der Waals surface area contributed by atoms with Crippen molar-refractivity contribution in [3.8, 4) is 10.4 Å². The number of halogens is 1. The number of fused-ring (bicyclic) bond motifs is 1. The number of hydrogen-bond acceptors (Lipinski definition) is 4. The topological polar surface area (TPSA) is 29.0 Å². The standard InChI is InChI=1S/C16H16ClN3S/c1-3-20(4-2)16-18-14(17)12-10-13(21-15(12)19-16)11-8-6-5-7-9-11/h5-10H,3-4H2,1-2H3. The lowest BCUT2D eigenvalue weighted by Crippen LogP contribution is -2.24. The molecule has 5 heteroatoms. The molecule has 0 atom stereocenters. The Kier molecular flexibility index (Phi) is 4.08. The van der Waals surface area contributed by atoms with Gasteiger partial charge in [-0.05, 0) is 25.5 Å². The molecule has 0 bridgehead atoms. The van der Waals surface area contributed by atoms with E-state index >= 15 is 0 Å². The summed E-state index contributed by atoms with van der Waals surface area (Å²) in [6.07, 6.45) is 0. The quantitative estimate of drug-likeness (QED) is 0.644. The van der Waals surface area contributed by atoms with Gasteiger partial charge in [0.15, 0.2) is 0 Å². The lowest BCUT2D eigenvalue weighted by Gasteiger charge is -2.18. The number of rotatable bonds is 4. The van der Waals surface area contributed by atoms with Gasteiger partial charge >= 0.3 is 0 Å². The zero-order valence-corrected chi connectivity index (χ0v) is 13.6. The monoisotopic (exact) mass is 317 g/mol. The van der Waals surface area contributed by atoms with Crippen molar-refractivity contribution in [2.75, 3.05) is 18.0 Å². The number of aromatic nitrogens is 2. The molecule has 0 aliphatic rings. The van der Waals surface area contributed by atoms with Gasteiger partial charge in [0.25, 0.3) is 0 Å². The second kappa shape index (κ2) is 6.00. The van der Waals surface area contributed by atoms with Crippen molar-refractivity contribution in [1.29, 1.82) is 0 Å². The van der Waals surface area contributed by atoms with Crippen LogP contribution in [0.5, 0.6) is 0 Å². The zero-order valence-electron chi connectivity index (χ0n) is 12.0. The summed E-state index contributed by atoms with van der Waals surface area (Å²) in [5, 5.41) is 1.46. The molecular formula is C16H16ClN3S. The van der Waals surface area contributed by atoms with Gasteiger partial charge in [-0.2, -0.15) is 0 Å². The normalized spacial score (nSPS) is 11.0. The average Bonchev–Trinajstić information content (AvgIpc) is 2.94. The van der Waals surface area contributed by atoms with Crippen LogP contribution in [0.4, 0.5) is 5.95 Å². The van der Waals surface area contributed by atoms with E-state index in [0.29, 0.717) is 11.1 Å². The maximum absolute atomic E-state index is 6.35. The Morgan fingerprint density at radius 2 is 1.81 bits per heavy atom. The number of benzene rings is 1. The van der Waals surface area contributed by atoms with E-state index in [1.54, 1.807) is 11.3 Å². The van der Waals surface area contributed by atoms with Crippen LogP contribution in [-0.2, 0) is 0 Å². The van der Waals surface area contributed by atoms with Crippen molar-refractivity contribution in [2.45, 2.75) is 13.8 Å². The third-order valence-electron chi connectivity index (χ3n) is 3.44. The third-order valence-corrected chi connectivity index (χ3v) is 4.81. The van der Waals surface area contributed by atoms with Gasteiger partial charge in [0.05, 0.1) is 0 Å². The van der Waals surface area contributed by atoms with E-state index in [-0.39, 0.29) is 0 Å². The molecule has 2 heterocycles. The third kappa shape index (κ3) is 2.74. The molecule has 0 amide bonds. The van der Waals surface area contributed by atoms with Gasteiger partial charge in [0.2, 0.25) is 5.95 Å². The second-order valence-corrected chi connectivity index (χ2v) is 6.07. The predicted octanol–water partition coefficient (Wildman–Crippen LogP) is 4.86. The fourth-order valence-electron chi connectivity index (χ4n) is 2.27. The van der Waals surface area contributed by atoms with E-state index in [1.807, 2.05) is 18.2 Å². The Morgan fingerprint density at radius 3 is 2.48 bits per heavy atom. The second-order valence-electron chi connectivity index (χ2n) is 4.68. The van der Waals surface area contributed by atoms with Crippen molar-refractivity contribution in [2.24, 2.45) is 0 Å². The van der Waals surface area contributed by atoms with Gasteiger partial charge in [0.1, 0.15) is 9.98 Å². The molecule has 108 valence electrons. The molecule has 3 nitrogen and oxygen atoms in total. The minimum absolute atomic E-state index is 0.528. The van der Waals surface area contributed by atoms with E-state index in [0.717, 1.165) is 23.3 Å². The minimum Gasteiger partial charge on any atom is -0.341 e. The number of nitrogens with zero attached hydrogens (tertiary/aromatic N) is 3. The average molecular weight is 318 g/mol. The Hall–Kier alpha value is -1.65. The van der Waals surface area contributed by atoms with Crippen molar-refractivity contribution in [3.05, 3.63) is 41.6 Å². The molecule has 0 unspecified atom stereocenters. The molecular weight excluding hydrogens is 302 g/mol. The Bertz CT molecular complexity index is 751. The first-order valence-corrected chi connectivity index (χ1v) is 8.19. The number of thiophene rings is 1. The highest BCUT2D eigenvalue weighted by Gasteiger charge is 2.14. The molecule has 0 spiro atoms. The van der Waals surface area contributed by atoms with Gasteiger partial charge in [-0.15, -0.1) is 11.3 Å². The van der Waals surface area contributed by atoms with Crippen molar-refractivity contribution in [1.82, 2.24) is 9.97 Å². The summed E-state index contributed by atoms with van der Waals surface area (Å²) < 4.78 is 0. The van der Waals surface area contributed by atoms with Crippen LogP contribution in [0.15, 0.2) is 36.4 Å². The molecule has 0 radical (unpaired) electrons. The molecule has 0 aliphatic heterocycles. The van der Waals surface area contributed by atoms with Crippen molar-refractivity contribution in [3.63, 3.8) is 0 Å². The molecule has 0 N–H and O–H groups in total. The number of hydrogen-bond donors (Lipinski definition) is 0. The van der Waals surface area contributed by atoms with Crippen LogP contribution >= 0.6 is 22.9 Å². The van der Waals surface area contributed by atoms with E-state index in [9.17, 15) is 0 Å². The van der Waals surface area contributed by atoms with Crippen LogP contribution in [0.25, 0.3) is 20.7 Å². The van der Waals surface area contributed by atoms with Gasteiger partial charge in [0, 0.05) is 23.4 Å². The summed E-state index contributed by atoms with van der Waals surface area (Å²) >= 11 is 8.00. The summed E-state index contributed by atoms with van der Waals surface area (Å²) in [6.45, 7) is 5.92. The summed E-state index contributed by atoms with van der Waals surface area (Å²) in [7, 11) is 0. The van der Waals surface area contributed by atoms with Crippen LogP contribution in [0.2, 0.25) is 5.15 Å². The zero-order chi connectivity index (χ0) is 14.8. The SMILES string of the molecule is CCN(CC)c1nc(Cl)c2cc(-c3ccccc3)sc2n1. The van der Waals surface area contributed by atoms with Crippen LogP contribution in [0, 0.1) is 0 Å². The fourth-order valence-corrected chi connectivity index (χ4v) is 3.58. The molecule has 3 rings (SSSR count). The Labute approximate surface area is 133 Å². The van der Waals surface area contributed by atoms with Crippen LogP contribution in [0.3, 0.4) is 0 Å². The van der Waals surface area contributed by atoms with Gasteiger partial charge in [-0.25, -0.2) is 9.97 Å². The lowest BCUT2D eigenvalue weighted by atomic mass is 10.2. The van der Waals surface area contributed by atoms with Gasteiger partial charge in [-0.1, -0.05) is 41.9 Å². The Morgan fingerprint density at radius 1 is 1.10 bits per heavy atom. The predicted molar refractivity (Wildman–Crippen MR) is 91.4 cm³/mol. The van der Waals surface area contributed by atoms with Crippen molar-refractivity contribution < 1.29 is 0 Å². The highest BCUT2D eigenvalue weighted by atomic mass is 35.5. The maximum Gasteiger partial charge on any atom is 0.228 e. The molecule has 1 aromatic carbocycles. The Balaban J connectivity index is 2.11. The highest BCUT2D eigenvalue weighted by Crippen LogP contribution is 2.36. The maximum atomic E-state index is 6.35. The van der Waals surface area contributed by atoms with E-state index < -0.39 is 0 Å². The van der Waals surface area contributed by atoms with E-state index in [1.165, 1.54) is 10.4 Å². The summed E-state index contributed by atoms with van der Waals surface area (Å²) in [4.78, 5) is 13.3. The van der Waals surface area contributed by atoms with Crippen LogP contribution in [-0.4, -0.2) is 23.1 Å². The molecule has 0 saturated heterocycles. The summed E-state index contributed by atoms with van der Waals surface area (Å²) in [5.41, 5.74) is 1.18.